The first-order valence-corrected chi connectivity index (χ1v) is 6.65. The van der Waals surface area contributed by atoms with Crippen LogP contribution in [0.5, 0.6) is 0 Å². The summed E-state index contributed by atoms with van der Waals surface area (Å²) in [5.41, 5.74) is 0.218. The molecule has 0 saturated carbocycles. The van der Waals surface area contributed by atoms with Crippen LogP contribution >= 0.6 is 11.8 Å². The number of esters is 1. The van der Waals surface area contributed by atoms with Gasteiger partial charge in [0.15, 0.2) is 5.69 Å². The number of anilines is 1. The van der Waals surface area contributed by atoms with Crippen LogP contribution in [0.3, 0.4) is 0 Å². The lowest BCUT2D eigenvalue weighted by Gasteiger charge is -2.09. The Hall–Kier alpha value is -1.30. The van der Waals surface area contributed by atoms with Gasteiger partial charge < -0.3 is 10.1 Å². The fraction of sp³-hybridized carbons (Fsp3) is 0.545. The number of methoxy groups -OCH3 is 1. The summed E-state index contributed by atoms with van der Waals surface area (Å²) in [6, 6.07) is 3.32. The Labute approximate surface area is 105 Å². The minimum Gasteiger partial charge on any atom is -0.464 e. The van der Waals surface area contributed by atoms with E-state index >= 15 is 0 Å². The van der Waals surface area contributed by atoms with Crippen LogP contribution in [0, 0.1) is 0 Å². The van der Waals surface area contributed by atoms with Crippen molar-refractivity contribution in [3.8, 4) is 0 Å². The first-order valence-electron chi connectivity index (χ1n) is 5.36. The summed E-state index contributed by atoms with van der Waals surface area (Å²) in [4.78, 5) is 11.1. The third kappa shape index (κ3) is 4.60. The minimum absolute atomic E-state index is 0.218. The van der Waals surface area contributed by atoms with Crippen molar-refractivity contribution < 1.29 is 9.53 Å². The first-order chi connectivity index (χ1) is 8.17. The molecule has 0 radical (unpaired) electrons. The Morgan fingerprint density at radius 1 is 1.53 bits per heavy atom. The molecule has 0 aromatic carbocycles. The van der Waals surface area contributed by atoms with Crippen LogP contribution in [0.15, 0.2) is 12.1 Å². The van der Waals surface area contributed by atoms with Crippen LogP contribution in [-0.2, 0) is 4.74 Å². The summed E-state index contributed by atoms with van der Waals surface area (Å²) < 4.78 is 4.54. The monoisotopic (exact) mass is 255 g/mol. The molecule has 1 heterocycles. The van der Waals surface area contributed by atoms with Gasteiger partial charge in [-0.2, -0.15) is 11.8 Å². The van der Waals surface area contributed by atoms with E-state index < -0.39 is 5.97 Å². The number of nitrogens with zero attached hydrogens (tertiary/aromatic N) is 2. The van der Waals surface area contributed by atoms with E-state index in [1.165, 1.54) is 7.11 Å². The second-order valence-corrected chi connectivity index (χ2v) is 4.83. The van der Waals surface area contributed by atoms with Crippen LogP contribution in [0.4, 0.5) is 5.82 Å². The maximum Gasteiger partial charge on any atom is 0.358 e. The number of rotatable bonds is 6. The predicted molar refractivity (Wildman–Crippen MR) is 69.5 cm³/mol. The fourth-order valence-electron chi connectivity index (χ4n) is 1.16. The van der Waals surface area contributed by atoms with Crippen molar-refractivity contribution >= 4 is 23.5 Å². The molecular weight excluding hydrogens is 238 g/mol. The molecule has 1 rings (SSSR count). The highest BCUT2D eigenvalue weighted by Crippen LogP contribution is 2.10. The fourth-order valence-corrected chi connectivity index (χ4v) is 1.51. The lowest BCUT2D eigenvalue weighted by molar-refractivity contribution is 0.0593. The number of ether oxygens (including phenoxy) is 1. The topological polar surface area (TPSA) is 64.1 Å². The van der Waals surface area contributed by atoms with Crippen LogP contribution in [-0.4, -0.2) is 41.3 Å². The SMILES string of the molecule is COC(=O)c1ccc(NCCC(C)SC)nn1. The van der Waals surface area contributed by atoms with E-state index in [1.54, 1.807) is 12.1 Å². The molecule has 94 valence electrons. The number of carbonyl (C=O) groups is 1. The maximum absolute atomic E-state index is 11.1. The zero-order chi connectivity index (χ0) is 12.7. The summed E-state index contributed by atoms with van der Waals surface area (Å²) in [6.07, 6.45) is 3.15. The molecule has 0 fully saturated rings. The number of aromatic nitrogens is 2. The van der Waals surface area contributed by atoms with Gasteiger partial charge in [0.1, 0.15) is 5.82 Å². The molecule has 1 unspecified atom stereocenters. The average molecular weight is 255 g/mol. The zero-order valence-electron chi connectivity index (χ0n) is 10.3. The third-order valence-corrected chi connectivity index (χ3v) is 3.36. The molecule has 1 aromatic heterocycles. The molecule has 0 aliphatic carbocycles. The van der Waals surface area contributed by atoms with Gasteiger partial charge in [-0.3, -0.25) is 0 Å². The molecule has 0 aliphatic heterocycles. The van der Waals surface area contributed by atoms with Crippen LogP contribution in [0.25, 0.3) is 0 Å². The Morgan fingerprint density at radius 3 is 2.82 bits per heavy atom. The second-order valence-electron chi connectivity index (χ2n) is 3.56. The van der Waals surface area contributed by atoms with Crippen molar-refractivity contribution in [3.63, 3.8) is 0 Å². The quantitative estimate of drug-likeness (QED) is 0.782. The van der Waals surface area contributed by atoms with Gasteiger partial charge in [0.25, 0.3) is 0 Å². The predicted octanol–water partition coefficient (Wildman–Crippen LogP) is 1.82. The molecule has 0 amide bonds. The van der Waals surface area contributed by atoms with Gasteiger partial charge >= 0.3 is 5.97 Å². The van der Waals surface area contributed by atoms with Crippen LogP contribution < -0.4 is 5.32 Å². The number of carbonyl (C=O) groups excluding carboxylic acids is 1. The smallest absolute Gasteiger partial charge is 0.358 e. The van der Waals surface area contributed by atoms with Crippen molar-refractivity contribution in [3.05, 3.63) is 17.8 Å². The van der Waals surface area contributed by atoms with E-state index in [1.807, 2.05) is 11.8 Å². The number of thioether (sulfide) groups is 1. The standard InChI is InChI=1S/C11H17N3O2S/c1-8(17-3)6-7-12-10-5-4-9(13-14-10)11(15)16-2/h4-5,8H,6-7H2,1-3H3,(H,12,14). The van der Waals surface area contributed by atoms with E-state index in [0.717, 1.165) is 13.0 Å². The molecule has 0 saturated heterocycles. The molecule has 0 spiro atoms. The van der Waals surface area contributed by atoms with Crippen molar-refractivity contribution in [2.75, 3.05) is 25.2 Å². The lowest BCUT2D eigenvalue weighted by atomic mass is 10.3. The van der Waals surface area contributed by atoms with Crippen molar-refractivity contribution in [2.24, 2.45) is 0 Å². The summed E-state index contributed by atoms with van der Waals surface area (Å²) >= 11 is 1.83. The molecule has 1 atom stereocenters. The van der Waals surface area contributed by atoms with E-state index in [4.69, 9.17) is 0 Å². The number of hydrogen-bond acceptors (Lipinski definition) is 6. The largest absolute Gasteiger partial charge is 0.464 e. The Morgan fingerprint density at radius 2 is 2.29 bits per heavy atom. The minimum atomic E-state index is -0.472. The van der Waals surface area contributed by atoms with Gasteiger partial charge in [0.05, 0.1) is 7.11 Å². The molecule has 0 bridgehead atoms. The van der Waals surface area contributed by atoms with Crippen LogP contribution in [0.2, 0.25) is 0 Å². The summed E-state index contributed by atoms with van der Waals surface area (Å²) in [7, 11) is 1.32. The normalized spacial score (nSPS) is 11.9. The van der Waals surface area contributed by atoms with Gasteiger partial charge in [-0.05, 0) is 24.8 Å². The second kappa shape index (κ2) is 7.11. The molecule has 6 heteroatoms. The highest BCUT2D eigenvalue weighted by molar-refractivity contribution is 7.99. The summed E-state index contributed by atoms with van der Waals surface area (Å²) in [6.45, 7) is 3.02. The van der Waals surface area contributed by atoms with Crippen LogP contribution in [0.1, 0.15) is 23.8 Å². The highest BCUT2D eigenvalue weighted by Gasteiger charge is 2.07. The van der Waals surface area contributed by atoms with E-state index in [9.17, 15) is 4.79 Å². The third-order valence-electron chi connectivity index (χ3n) is 2.32. The van der Waals surface area contributed by atoms with Crippen molar-refractivity contribution in [1.82, 2.24) is 10.2 Å². The van der Waals surface area contributed by atoms with Crippen molar-refractivity contribution in [2.45, 2.75) is 18.6 Å². The Bertz CT molecular complexity index is 356. The lowest BCUT2D eigenvalue weighted by Crippen LogP contribution is -2.11. The molecule has 5 nitrogen and oxygen atoms in total. The van der Waals surface area contributed by atoms with Gasteiger partial charge in [0.2, 0.25) is 0 Å². The van der Waals surface area contributed by atoms with Crippen molar-refractivity contribution in [1.29, 1.82) is 0 Å². The van der Waals surface area contributed by atoms with E-state index in [0.29, 0.717) is 11.1 Å². The van der Waals surface area contributed by atoms with Gasteiger partial charge in [-0.15, -0.1) is 10.2 Å². The Balaban J connectivity index is 2.43. The number of hydrogen-bond donors (Lipinski definition) is 1. The maximum atomic E-state index is 11.1. The van der Waals surface area contributed by atoms with Gasteiger partial charge in [-0.25, -0.2) is 4.79 Å². The highest BCUT2D eigenvalue weighted by atomic mass is 32.2. The molecule has 1 aromatic rings. The molecule has 17 heavy (non-hydrogen) atoms. The average Bonchev–Trinajstić information content (AvgIpc) is 2.38. The molecular formula is C11H17N3O2S. The number of nitrogens with one attached hydrogen (secondary N) is 1. The first kappa shape index (κ1) is 13.8. The Kier molecular flexibility index (Phi) is 5.76. The van der Waals surface area contributed by atoms with E-state index in [2.05, 4.69) is 33.4 Å². The zero-order valence-corrected chi connectivity index (χ0v) is 11.1. The van der Waals surface area contributed by atoms with E-state index in [-0.39, 0.29) is 5.69 Å². The van der Waals surface area contributed by atoms with Gasteiger partial charge in [-0.1, -0.05) is 6.92 Å². The summed E-state index contributed by atoms with van der Waals surface area (Å²) in [5, 5.41) is 11.4. The molecule has 0 aliphatic rings. The van der Waals surface area contributed by atoms with Gasteiger partial charge in [0, 0.05) is 11.8 Å². The summed E-state index contributed by atoms with van der Waals surface area (Å²) in [5.74, 6) is 0.200. The molecule has 1 N–H and O–H groups in total.